The molecule has 0 aliphatic carbocycles. The highest BCUT2D eigenvalue weighted by molar-refractivity contribution is 7.99. The molecule has 3 rings (SSSR count). The van der Waals surface area contributed by atoms with Gasteiger partial charge in [0.1, 0.15) is 11.5 Å². The molecule has 2 N–H and O–H groups in total. The summed E-state index contributed by atoms with van der Waals surface area (Å²) in [4.78, 5) is 12.7. The van der Waals surface area contributed by atoms with Gasteiger partial charge in [-0.25, -0.2) is 0 Å². The molecular weight excluding hydrogens is 336 g/mol. The number of hydrogen-bond donors (Lipinski definition) is 2. The number of aliphatic hydroxyl groups is 1. The lowest BCUT2D eigenvalue weighted by atomic mass is 9.78. The average molecular weight is 362 g/mol. The normalized spacial score (nSPS) is 15.2. The molecule has 0 saturated carbocycles. The topological polar surface area (TPSA) is 66.8 Å². The number of ether oxygens (including phenoxy) is 1. The van der Waals surface area contributed by atoms with Gasteiger partial charge in [0, 0.05) is 27.5 Å². The number of fused-ring (bicyclic) bond motifs is 3. The van der Waals surface area contributed by atoms with E-state index in [-0.39, 0.29) is 24.7 Å². The summed E-state index contributed by atoms with van der Waals surface area (Å²) in [5, 5.41) is 21.2. The van der Waals surface area contributed by atoms with E-state index in [0.717, 1.165) is 10.9 Å². The first kappa shape index (κ1) is 19.6. The Labute approximate surface area is 153 Å². The van der Waals surface area contributed by atoms with Gasteiger partial charge in [0.05, 0.1) is 17.9 Å². The molecule has 0 radical (unpaired) electrons. The fourth-order valence-electron chi connectivity index (χ4n) is 2.97. The van der Waals surface area contributed by atoms with Crippen molar-refractivity contribution in [1.82, 2.24) is 0 Å². The minimum atomic E-state index is -0.427. The molecule has 0 fully saturated rings. The van der Waals surface area contributed by atoms with E-state index < -0.39 is 5.41 Å². The van der Waals surface area contributed by atoms with Gasteiger partial charge in [0.15, 0.2) is 0 Å². The van der Waals surface area contributed by atoms with Gasteiger partial charge in [-0.2, -0.15) is 0 Å². The molecule has 1 aliphatic heterocycles. The summed E-state index contributed by atoms with van der Waals surface area (Å²) in [5.41, 5.74) is 0.422. The molecule has 2 aromatic carbocycles. The first-order chi connectivity index (χ1) is 11.9. The fraction of sp³-hybridized carbons (Fsp3) is 0.450. The fourth-order valence-corrected chi connectivity index (χ4v) is 4.03. The van der Waals surface area contributed by atoms with E-state index in [1.54, 1.807) is 0 Å². The lowest BCUT2D eigenvalue weighted by Crippen LogP contribution is -2.31. The average Bonchev–Trinajstić information content (AvgIpc) is 2.55. The number of thioether (sulfide) groups is 1. The number of phenols is 1. The van der Waals surface area contributed by atoms with Gasteiger partial charge in [0.25, 0.3) is 0 Å². The van der Waals surface area contributed by atoms with Crippen LogP contribution in [-0.4, -0.2) is 28.5 Å². The van der Waals surface area contributed by atoms with E-state index in [4.69, 9.17) is 9.84 Å². The number of aromatic hydroxyl groups is 1. The van der Waals surface area contributed by atoms with Crippen LogP contribution < -0.4 is 4.74 Å². The zero-order chi connectivity index (χ0) is 18.6. The molecule has 0 saturated heterocycles. The summed E-state index contributed by atoms with van der Waals surface area (Å²) >= 11 is 1.39. The summed E-state index contributed by atoms with van der Waals surface area (Å²) in [7, 11) is 0. The van der Waals surface area contributed by atoms with Crippen molar-refractivity contribution in [3.8, 4) is 11.5 Å². The molecule has 5 heteroatoms. The molecule has 4 nitrogen and oxygen atoms in total. The molecule has 0 aromatic heterocycles. The van der Waals surface area contributed by atoms with Crippen molar-refractivity contribution in [3.63, 3.8) is 0 Å². The van der Waals surface area contributed by atoms with Crippen LogP contribution in [-0.2, 0) is 10.2 Å². The molecule has 0 amide bonds. The van der Waals surface area contributed by atoms with E-state index in [1.807, 2.05) is 38.1 Å². The van der Waals surface area contributed by atoms with E-state index in [1.165, 1.54) is 18.2 Å². The van der Waals surface area contributed by atoms with Crippen LogP contribution in [0.4, 0.5) is 0 Å². The Bertz CT molecular complexity index is 768. The van der Waals surface area contributed by atoms with Crippen LogP contribution >= 0.6 is 11.8 Å². The molecule has 0 spiro atoms. The van der Waals surface area contributed by atoms with Crippen LogP contribution in [0.5, 0.6) is 11.5 Å². The monoisotopic (exact) mass is 362 g/mol. The zero-order valence-corrected chi connectivity index (χ0v) is 16.1. The maximum atomic E-state index is 12.0. The number of rotatable bonds is 3. The van der Waals surface area contributed by atoms with Crippen molar-refractivity contribution < 1.29 is 19.7 Å². The van der Waals surface area contributed by atoms with Crippen molar-refractivity contribution in [1.29, 1.82) is 0 Å². The Hall–Kier alpha value is -1.72. The zero-order valence-electron chi connectivity index (χ0n) is 15.3. The van der Waals surface area contributed by atoms with Gasteiger partial charge in [-0.3, -0.25) is 4.79 Å². The first-order valence-corrected chi connectivity index (χ1v) is 9.58. The number of esters is 1. The minimum Gasteiger partial charge on any atom is -0.506 e. The third-order valence-electron chi connectivity index (χ3n) is 3.91. The number of carbonyl (C=O) groups excluding carboxylic acids is 1. The summed E-state index contributed by atoms with van der Waals surface area (Å²) in [6.45, 7) is 8.22. The van der Waals surface area contributed by atoms with Gasteiger partial charge >= 0.3 is 5.97 Å². The second-order valence-electron chi connectivity index (χ2n) is 6.74. The second-order valence-corrected chi connectivity index (χ2v) is 7.85. The quantitative estimate of drug-likeness (QED) is 0.473. The maximum absolute atomic E-state index is 12.0. The summed E-state index contributed by atoms with van der Waals surface area (Å²) < 4.78 is 5.53. The van der Waals surface area contributed by atoms with Crippen molar-refractivity contribution in [2.75, 3.05) is 12.4 Å². The lowest BCUT2D eigenvalue weighted by molar-refractivity contribution is -0.136. The predicted molar refractivity (Wildman–Crippen MR) is 103 cm³/mol. The molecule has 136 valence electrons. The number of hydrogen-bond acceptors (Lipinski definition) is 5. The first-order valence-electron chi connectivity index (χ1n) is 8.59. The largest absolute Gasteiger partial charge is 0.506 e. The van der Waals surface area contributed by atoms with Gasteiger partial charge < -0.3 is 14.9 Å². The molecule has 25 heavy (non-hydrogen) atoms. The van der Waals surface area contributed by atoms with Crippen LogP contribution in [0.15, 0.2) is 29.2 Å². The number of phenolic OH excluding ortho intramolecular Hbond substituents is 1. The Morgan fingerprint density at radius 1 is 1.20 bits per heavy atom. The van der Waals surface area contributed by atoms with Gasteiger partial charge in [0.2, 0.25) is 0 Å². The van der Waals surface area contributed by atoms with Crippen molar-refractivity contribution in [3.05, 3.63) is 29.8 Å². The summed E-state index contributed by atoms with van der Waals surface area (Å²) in [6.07, 6.45) is 1.52. The molecule has 0 bridgehead atoms. The van der Waals surface area contributed by atoms with E-state index in [0.29, 0.717) is 21.8 Å². The van der Waals surface area contributed by atoms with E-state index in [9.17, 15) is 9.90 Å². The number of aliphatic hydroxyl groups excluding tert-OH is 1. The second kappa shape index (κ2) is 8.11. The molecular formula is C20H26O4S. The maximum Gasteiger partial charge on any atom is 0.312 e. The Balaban J connectivity index is 0.000000701. The lowest BCUT2D eigenvalue weighted by Gasteiger charge is -2.34. The van der Waals surface area contributed by atoms with Crippen molar-refractivity contribution in [2.24, 2.45) is 0 Å². The minimum absolute atomic E-state index is 0.0198. The van der Waals surface area contributed by atoms with Crippen LogP contribution in [0.1, 0.15) is 46.1 Å². The predicted octanol–water partition coefficient (Wildman–Crippen LogP) is 4.63. The molecule has 1 aliphatic rings. The van der Waals surface area contributed by atoms with Crippen molar-refractivity contribution >= 4 is 28.5 Å². The molecule has 0 atom stereocenters. The van der Waals surface area contributed by atoms with E-state index in [2.05, 4.69) is 13.8 Å². The molecule has 0 unspecified atom stereocenters. The van der Waals surface area contributed by atoms with E-state index >= 15 is 0 Å². The summed E-state index contributed by atoms with van der Waals surface area (Å²) in [5.74, 6) is 0.947. The van der Waals surface area contributed by atoms with Crippen LogP contribution in [0.2, 0.25) is 0 Å². The smallest absolute Gasteiger partial charge is 0.312 e. The number of carbonyl (C=O) groups is 1. The van der Waals surface area contributed by atoms with Crippen molar-refractivity contribution in [2.45, 2.75) is 50.8 Å². The summed E-state index contributed by atoms with van der Waals surface area (Å²) in [6, 6.07) is 7.36. The third kappa shape index (κ3) is 3.93. The van der Waals surface area contributed by atoms with Crippen LogP contribution in [0.25, 0.3) is 10.8 Å². The standard InChI is InChI=1S/C17H18O4S.C3H8/c1-17(2)9-12(19)21-15-11-6-4-3-5-10(11)14(20)16(13(15)17)22-8-7-18;1-3-2/h3-6,18,20H,7-9H2,1-2H3;3H2,1-2H3. The Kier molecular flexibility index (Phi) is 6.36. The van der Waals surface area contributed by atoms with Gasteiger partial charge in [-0.05, 0) is 0 Å². The number of benzene rings is 2. The van der Waals surface area contributed by atoms with Crippen LogP contribution in [0.3, 0.4) is 0 Å². The molecule has 1 heterocycles. The highest BCUT2D eigenvalue weighted by atomic mass is 32.2. The Morgan fingerprint density at radius 2 is 1.80 bits per heavy atom. The van der Waals surface area contributed by atoms with Crippen LogP contribution in [0, 0.1) is 0 Å². The third-order valence-corrected chi connectivity index (χ3v) is 4.99. The SMILES string of the molecule is CC1(C)CC(=O)Oc2c1c(SCCO)c(O)c1ccccc21.CCC. The van der Waals surface area contributed by atoms with Gasteiger partial charge in [-0.15, -0.1) is 11.8 Å². The highest BCUT2D eigenvalue weighted by Gasteiger charge is 2.38. The Morgan fingerprint density at radius 3 is 2.40 bits per heavy atom. The highest BCUT2D eigenvalue weighted by Crippen LogP contribution is 2.52. The van der Waals surface area contributed by atoms with Gasteiger partial charge in [-0.1, -0.05) is 58.4 Å². The molecule has 2 aromatic rings.